The van der Waals surface area contributed by atoms with Crippen LogP contribution in [0.15, 0.2) is 35.4 Å². The Bertz CT molecular complexity index is 860. The molecule has 30 heavy (non-hydrogen) atoms. The summed E-state index contributed by atoms with van der Waals surface area (Å²) in [6, 6.07) is 6.99. The summed E-state index contributed by atoms with van der Waals surface area (Å²) < 4.78 is 20.0. The van der Waals surface area contributed by atoms with Gasteiger partial charge in [0.1, 0.15) is 11.9 Å². The lowest BCUT2D eigenvalue weighted by Crippen LogP contribution is -2.49. The Morgan fingerprint density at radius 3 is 2.73 bits per heavy atom. The number of piperazine rings is 1. The minimum atomic E-state index is -0.158. The van der Waals surface area contributed by atoms with Crippen molar-refractivity contribution < 1.29 is 13.9 Å². The van der Waals surface area contributed by atoms with Gasteiger partial charge < -0.3 is 9.64 Å². The maximum Gasteiger partial charge on any atom is 0.310 e. The molecule has 5 rings (SSSR count). The van der Waals surface area contributed by atoms with E-state index in [2.05, 4.69) is 23.6 Å². The summed E-state index contributed by atoms with van der Waals surface area (Å²) in [7, 11) is 0. The van der Waals surface area contributed by atoms with Crippen molar-refractivity contribution >= 4 is 11.7 Å². The number of nitrogens with zero attached hydrogens (tertiary/aromatic N) is 2. The first-order chi connectivity index (χ1) is 14.4. The summed E-state index contributed by atoms with van der Waals surface area (Å²) in [6.45, 7) is 8.74. The smallest absolute Gasteiger partial charge is 0.310 e. The molecule has 4 nitrogen and oxygen atoms in total. The van der Waals surface area contributed by atoms with Gasteiger partial charge in [-0.05, 0) is 56.6 Å². The maximum atomic E-state index is 14.1. The maximum absolute atomic E-state index is 14.1. The Kier molecular flexibility index (Phi) is 5.12. The molecule has 162 valence electrons. The molecular weight excluding hydrogens is 379 g/mol. The number of carbonyl (C=O) groups excluding carboxylic acids is 1. The molecule has 0 aromatic heterocycles. The van der Waals surface area contributed by atoms with Crippen LogP contribution in [0.3, 0.4) is 0 Å². The number of anilines is 1. The fourth-order valence-electron chi connectivity index (χ4n) is 6.48. The third-order valence-corrected chi connectivity index (χ3v) is 8.20. The number of hydrogen-bond acceptors (Lipinski definition) is 4. The molecular formula is C25H33FN2O2. The van der Waals surface area contributed by atoms with Crippen molar-refractivity contribution in [2.45, 2.75) is 52.1 Å². The van der Waals surface area contributed by atoms with E-state index in [0.29, 0.717) is 11.6 Å². The predicted molar refractivity (Wildman–Crippen MR) is 116 cm³/mol. The zero-order valence-corrected chi connectivity index (χ0v) is 18.2. The minimum absolute atomic E-state index is 0.00188. The first-order valence-corrected chi connectivity index (χ1v) is 11.6. The van der Waals surface area contributed by atoms with Crippen molar-refractivity contribution in [3.63, 3.8) is 0 Å². The lowest BCUT2D eigenvalue weighted by atomic mass is 9.59. The highest BCUT2D eigenvalue weighted by atomic mass is 19.1. The van der Waals surface area contributed by atoms with E-state index in [0.717, 1.165) is 45.6 Å². The van der Waals surface area contributed by atoms with Crippen molar-refractivity contribution in [3.8, 4) is 0 Å². The highest BCUT2D eigenvalue weighted by Crippen LogP contribution is 2.55. The summed E-state index contributed by atoms with van der Waals surface area (Å²) >= 11 is 0. The van der Waals surface area contributed by atoms with Crippen LogP contribution >= 0.6 is 0 Å². The van der Waals surface area contributed by atoms with Crippen molar-refractivity contribution in [1.82, 2.24) is 4.90 Å². The highest BCUT2D eigenvalue weighted by molar-refractivity contribution is 5.76. The van der Waals surface area contributed by atoms with E-state index in [9.17, 15) is 9.18 Å². The number of fused-ring (bicyclic) bond motifs is 2. The van der Waals surface area contributed by atoms with Crippen molar-refractivity contribution in [3.05, 3.63) is 41.2 Å². The van der Waals surface area contributed by atoms with Gasteiger partial charge >= 0.3 is 5.97 Å². The first kappa shape index (κ1) is 20.0. The van der Waals surface area contributed by atoms with Gasteiger partial charge in [-0.15, -0.1) is 0 Å². The molecule has 2 aliphatic heterocycles. The number of hydrogen-bond donors (Lipinski definition) is 0. The topological polar surface area (TPSA) is 32.8 Å². The van der Waals surface area contributed by atoms with E-state index in [-0.39, 0.29) is 29.2 Å². The van der Waals surface area contributed by atoms with E-state index in [1.165, 1.54) is 25.3 Å². The summed E-state index contributed by atoms with van der Waals surface area (Å²) in [5.41, 5.74) is 4.08. The van der Waals surface area contributed by atoms with Gasteiger partial charge in [0, 0.05) is 38.6 Å². The third kappa shape index (κ3) is 3.45. The Balaban J connectivity index is 1.25. The van der Waals surface area contributed by atoms with E-state index in [4.69, 9.17) is 4.74 Å². The third-order valence-electron chi connectivity index (χ3n) is 8.20. The molecule has 1 saturated carbocycles. The number of halogens is 1. The van der Waals surface area contributed by atoms with Crippen LogP contribution in [0.5, 0.6) is 0 Å². The zero-order valence-electron chi connectivity index (χ0n) is 18.2. The number of ether oxygens (including phenoxy) is 1. The monoisotopic (exact) mass is 412 g/mol. The van der Waals surface area contributed by atoms with Crippen LogP contribution in [0.1, 0.15) is 46.0 Å². The first-order valence-electron chi connectivity index (χ1n) is 11.6. The molecule has 2 saturated heterocycles. The Labute approximate surface area is 179 Å². The van der Waals surface area contributed by atoms with E-state index in [1.807, 2.05) is 12.1 Å². The van der Waals surface area contributed by atoms with Gasteiger partial charge in [-0.2, -0.15) is 0 Å². The Morgan fingerprint density at radius 1 is 1.20 bits per heavy atom. The van der Waals surface area contributed by atoms with Gasteiger partial charge in [-0.1, -0.05) is 30.2 Å². The second-order valence-electron chi connectivity index (χ2n) is 10.1. The van der Waals surface area contributed by atoms with Crippen LogP contribution in [0, 0.1) is 23.1 Å². The average Bonchev–Trinajstić information content (AvgIpc) is 3.01. The SMILES string of the molecule is CC1=C2C[C@H]3[C@@H](C[C@@]2(C)CCC1)OC(=O)[C@@H]3CN1CCN(c2ccccc2F)CC1. The fourth-order valence-corrected chi connectivity index (χ4v) is 6.48. The highest BCUT2D eigenvalue weighted by Gasteiger charge is 2.53. The normalized spacial score (nSPS) is 34.6. The molecule has 1 aromatic rings. The van der Waals surface area contributed by atoms with Crippen molar-refractivity contribution in [2.75, 3.05) is 37.6 Å². The lowest BCUT2D eigenvalue weighted by Gasteiger charge is -2.46. The van der Waals surface area contributed by atoms with Gasteiger partial charge in [-0.25, -0.2) is 4.39 Å². The summed E-state index contributed by atoms with van der Waals surface area (Å²) in [5, 5.41) is 0. The molecule has 4 atom stereocenters. The standard InChI is InChI=1S/C25H33FN2O2/c1-17-6-5-9-25(2)15-23-18(14-20(17)25)19(24(29)30-23)16-27-10-12-28(13-11-27)22-8-4-3-7-21(22)26/h3-4,7-8,18-19,23H,5-6,9-16H2,1-2H3/t18-,19-,23-,25-/m1/s1. The zero-order chi connectivity index (χ0) is 20.9. The molecule has 5 heteroatoms. The number of carbonyl (C=O) groups is 1. The Morgan fingerprint density at radius 2 is 1.97 bits per heavy atom. The lowest BCUT2D eigenvalue weighted by molar-refractivity contribution is -0.145. The van der Waals surface area contributed by atoms with Gasteiger partial charge in [-0.3, -0.25) is 9.69 Å². The van der Waals surface area contributed by atoms with Crippen LogP contribution in [0.2, 0.25) is 0 Å². The van der Waals surface area contributed by atoms with Crippen molar-refractivity contribution in [1.29, 1.82) is 0 Å². The van der Waals surface area contributed by atoms with Crippen LogP contribution in [-0.2, 0) is 9.53 Å². The molecule has 3 fully saturated rings. The van der Waals surface area contributed by atoms with Crippen LogP contribution < -0.4 is 4.90 Å². The predicted octanol–water partition coefficient (Wildman–Crippen LogP) is 4.41. The second-order valence-corrected chi connectivity index (χ2v) is 10.1. The molecule has 2 heterocycles. The molecule has 0 spiro atoms. The van der Waals surface area contributed by atoms with Crippen LogP contribution in [0.25, 0.3) is 0 Å². The molecule has 0 N–H and O–H groups in total. The minimum Gasteiger partial charge on any atom is -0.462 e. The summed E-state index contributed by atoms with van der Waals surface area (Å²) in [6.07, 6.45) is 5.80. The van der Waals surface area contributed by atoms with Gasteiger partial charge in [0.25, 0.3) is 0 Å². The van der Waals surface area contributed by atoms with Gasteiger partial charge in [0.15, 0.2) is 0 Å². The largest absolute Gasteiger partial charge is 0.462 e. The number of para-hydroxylation sites is 1. The van der Waals surface area contributed by atoms with E-state index in [1.54, 1.807) is 17.2 Å². The van der Waals surface area contributed by atoms with Crippen LogP contribution in [-0.4, -0.2) is 49.7 Å². The van der Waals surface area contributed by atoms with Crippen molar-refractivity contribution in [2.24, 2.45) is 17.3 Å². The molecule has 0 amide bonds. The van der Waals surface area contributed by atoms with Gasteiger partial charge in [0.2, 0.25) is 0 Å². The molecule has 0 radical (unpaired) electrons. The summed E-state index contributed by atoms with van der Waals surface area (Å²) in [5.74, 6) is 0.136. The second kappa shape index (κ2) is 7.67. The quantitative estimate of drug-likeness (QED) is 0.544. The average molecular weight is 413 g/mol. The van der Waals surface area contributed by atoms with E-state index < -0.39 is 0 Å². The molecule has 2 aliphatic carbocycles. The number of allylic oxidation sites excluding steroid dienone is 2. The van der Waals surface area contributed by atoms with Gasteiger partial charge in [0.05, 0.1) is 11.6 Å². The van der Waals surface area contributed by atoms with Crippen LogP contribution in [0.4, 0.5) is 10.1 Å². The van der Waals surface area contributed by atoms with E-state index >= 15 is 0 Å². The molecule has 4 aliphatic rings. The summed E-state index contributed by atoms with van der Waals surface area (Å²) in [4.78, 5) is 17.3. The number of esters is 1. The number of rotatable bonds is 3. The fraction of sp³-hybridized carbons (Fsp3) is 0.640. The Hall–Kier alpha value is -1.88. The molecule has 0 unspecified atom stereocenters. The molecule has 1 aromatic carbocycles. The molecule has 0 bridgehead atoms. The number of benzene rings is 1.